The standard InChI is InChI=1S/C13H20BrN3O/c1-17(2)9-8-15-7-6-13(18)16-12-5-3-4-11(14)10-12/h3-5,10,15H,6-9H2,1-2H3,(H,16,18). The summed E-state index contributed by atoms with van der Waals surface area (Å²) >= 11 is 3.37. The molecule has 1 rings (SSSR count). The van der Waals surface area contributed by atoms with Crippen LogP contribution in [0.1, 0.15) is 6.42 Å². The van der Waals surface area contributed by atoms with Gasteiger partial charge in [-0.05, 0) is 32.3 Å². The van der Waals surface area contributed by atoms with Crippen molar-refractivity contribution in [2.45, 2.75) is 6.42 Å². The van der Waals surface area contributed by atoms with Crippen LogP contribution in [0.15, 0.2) is 28.7 Å². The summed E-state index contributed by atoms with van der Waals surface area (Å²) in [6, 6.07) is 7.59. The molecule has 4 nitrogen and oxygen atoms in total. The molecule has 0 atom stereocenters. The van der Waals surface area contributed by atoms with Crippen molar-refractivity contribution in [1.82, 2.24) is 10.2 Å². The van der Waals surface area contributed by atoms with Gasteiger partial charge in [-0.3, -0.25) is 4.79 Å². The van der Waals surface area contributed by atoms with Crippen LogP contribution in [0.2, 0.25) is 0 Å². The largest absolute Gasteiger partial charge is 0.326 e. The summed E-state index contributed by atoms with van der Waals surface area (Å²) in [5.74, 6) is 0.0328. The van der Waals surface area contributed by atoms with Crippen molar-refractivity contribution in [3.8, 4) is 0 Å². The molecule has 0 heterocycles. The van der Waals surface area contributed by atoms with Crippen LogP contribution in [0, 0.1) is 0 Å². The lowest BCUT2D eigenvalue weighted by Gasteiger charge is -2.10. The Kier molecular flexibility index (Phi) is 6.93. The molecule has 0 fully saturated rings. The number of halogens is 1. The van der Waals surface area contributed by atoms with Crippen molar-refractivity contribution in [3.63, 3.8) is 0 Å². The minimum absolute atomic E-state index is 0.0328. The van der Waals surface area contributed by atoms with E-state index in [2.05, 4.69) is 31.5 Å². The van der Waals surface area contributed by atoms with Gasteiger partial charge >= 0.3 is 0 Å². The maximum Gasteiger partial charge on any atom is 0.225 e. The summed E-state index contributed by atoms with van der Waals surface area (Å²) in [5.41, 5.74) is 0.822. The van der Waals surface area contributed by atoms with Crippen LogP contribution in [0.25, 0.3) is 0 Å². The molecule has 0 spiro atoms. The van der Waals surface area contributed by atoms with Gasteiger partial charge in [0.2, 0.25) is 5.91 Å². The van der Waals surface area contributed by atoms with Crippen molar-refractivity contribution in [3.05, 3.63) is 28.7 Å². The molecule has 0 saturated heterocycles. The van der Waals surface area contributed by atoms with Gasteiger partial charge in [0.15, 0.2) is 0 Å². The molecular formula is C13H20BrN3O. The fraction of sp³-hybridized carbons (Fsp3) is 0.462. The number of hydrogen-bond acceptors (Lipinski definition) is 3. The average molecular weight is 314 g/mol. The SMILES string of the molecule is CN(C)CCNCCC(=O)Nc1cccc(Br)c1. The van der Waals surface area contributed by atoms with Crippen LogP contribution >= 0.6 is 15.9 Å². The van der Waals surface area contributed by atoms with Gasteiger partial charge in [0.05, 0.1) is 0 Å². The van der Waals surface area contributed by atoms with Gasteiger partial charge in [-0.25, -0.2) is 0 Å². The number of benzene rings is 1. The number of likely N-dealkylation sites (N-methyl/N-ethyl adjacent to an activating group) is 1. The molecule has 0 saturated carbocycles. The maximum absolute atomic E-state index is 11.6. The van der Waals surface area contributed by atoms with Crippen LogP contribution in [-0.2, 0) is 4.79 Å². The van der Waals surface area contributed by atoms with E-state index >= 15 is 0 Å². The predicted molar refractivity (Wildman–Crippen MR) is 78.8 cm³/mol. The summed E-state index contributed by atoms with van der Waals surface area (Å²) in [6.45, 7) is 2.58. The summed E-state index contributed by atoms with van der Waals surface area (Å²) < 4.78 is 0.962. The molecule has 0 aliphatic carbocycles. The average Bonchev–Trinajstić information content (AvgIpc) is 2.28. The summed E-state index contributed by atoms with van der Waals surface area (Å²) in [4.78, 5) is 13.7. The Bertz CT molecular complexity index is 382. The Balaban J connectivity index is 2.18. The highest BCUT2D eigenvalue weighted by atomic mass is 79.9. The first-order valence-corrected chi connectivity index (χ1v) is 6.78. The number of carbonyl (C=O) groups excluding carboxylic acids is 1. The Labute approximate surface area is 117 Å². The van der Waals surface area contributed by atoms with Gasteiger partial charge in [0, 0.05) is 36.2 Å². The Morgan fingerprint density at radius 2 is 2.11 bits per heavy atom. The second-order valence-electron chi connectivity index (χ2n) is 4.36. The van der Waals surface area contributed by atoms with E-state index in [0.29, 0.717) is 13.0 Å². The molecule has 2 N–H and O–H groups in total. The van der Waals surface area contributed by atoms with Crippen LogP contribution in [0.4, 0.5) is 5.69 Å². The second-order valence-corrected chi connectivity index (χ2v) is 5.28. The highest BCUT2D eigenvalue weighted by molar-refractivity contribution is 9.10. The number of nitrogens with zero attached hydrogens (tertiary/aromatic N) is 1. The number of rotatable bonds is 7. The van der Waals surface area contributed by atoms with Crippen LogP contribution < -0.4 is 10.6 Å². The molecule has 1 aromatic rings. The summed E-state index contributed by atoms with van der Waals surface area (Å²) in [7, 11) is 4.06. The van der Waals surface area contributed by atoms with Crippen molar-refractivity contribution >= 4 is 27.5 Å². The summed E-state index contributed by atoms with van der Waals surface area (Å²) in [5, 5.41) is 6.10. The number of nitrogens with one attached hydrogen (secondary N) is 2. The lowest BCUT2D eigenvalue weighted by atomic mass is 10.3. The number of anilines is 1. The van der Waals surface area contributed by atoms with Crippen LogP contribution in [0.3, 0.4) is 0 Å². The van der Waals surface area contributed by atoms with E-state index in [-0.39, 0.29) is 5.91 Å². The third-order valence-corrected chi connectivity index (χ3v) is 2.87. The van der Waals surface area contributed by atoms with Gasteiger partial charge in [-0.1, -0.05) is 22.0 Å². The van der Waals surface area contributed by atoms with E-state index in [0.717, 1.165) is 23.2 Å². The molecule has 5 heteroatoms. The van der Waals surface area contributed by atoms with Gasteiger partial charge in [0.25, 0.3) is 0 Å². The number of amides is 1. The van der Waals surface area contributed by atoms with E-state index in [1.807, 2.05) is 38.4 Å². The van der Waals surface area contributed by atoms with Gasteiger partial charge in [0.1, 0.15) is 0 Å². The van der Waals surface area contributed by atoms with Gasteiger partial charge < -0.3 is 15.5 Å². The van der Waals surface area contributed by atoms with Crippen molar-refractivity contribution in [2.75, 3.05) is 39.0 Å². The normalized spacial score (nSPS) is 10.7. The van der Waals surface area contributed by atoms with E-state index < -0.39 is 0 Å². The zero-order chi connectivity index (χ0) is 13.4. The monoisotopic (exact) mass is 313 g/mol. The third kappa shape index (κ3) is 6.74. The second kappa shape index (κ2) is 8.24. The lowest BCUT2D eigenvalue weighted by molar-refractivity contribution is -0.116. The van der Waals surface area contributed by atoms with Crippen molar-refractivity contribution in [1.29, 1.82) is 0 Å². The molecule has 100 valence electrons. The van der Waals surface area contributed by atoms with Gasteiger partial charge in [-0.2, -0.15) is 0 Å². The molecule has 0 aromatic heterocycles. The first-order valence-electron chi connectivity index (χ1n) is 5.99. The highest BCUT2D eigenvalue weighted by Crippen LogP contribution is 2.15. The molecule has 0 radical (unpaired) electrons. The summed E-state index contributed by atoms with van der Waals surface area (Å²) in [6.07, 6.45) is 0.486. The number of carbonyl (C=O) groups is 1. The van der Waals surface area contributed by atoms with E-state index in [1.165, 1.54) is 0 Å². The number of hydrogen-bond donors (Lipinski definition) is 2. The fourth-order valence-electron chi connectivity index (χ4n) is 1.42. The maximum atomic E-state index is 11.6. The molecule has 18 heavy (non-hydrogen) atoms. The quantitative estimate of drug-likeness (QED) is 0.756. The molecule has 1 amide bonds. The molecule has 1 aromatic carbocycles. The Hall–Kier alpha value is -0.910. The smallest absolute Gasteiger partial charge is 0.225 e. The van der Waals surface area contributed by atoms with E-state index in [1.54, 1.807) is 0 Å². The fourth-order valence-corrected chi connectivity index (χ4v) is 1.82. The third-order valence-electron chi connectivity index (χ3n) is 2.37. The molecular weight excluding hydrogens is 294 g/mol. The molecule has 0 bridgehead atoms. The lowest BCUT2D eigenvalue weighted by Crippen LogP contribution is -2.29. The van der Waals surface area contributed by atoms with E-state index in [9.17, 15) is 4.79 Å². The van der Waals surface area contributed by atoms with Crippen molar-refractivity contribution in [2.24, 2.45) is 0 Å². The predicted octanol–water partition coefficient (Wildman–Crippen LogP) is 1.93. The highest BCUT2D eigenvalue weighted by Gasteiger charge is 2.02. The Morgan fingerprint density at radius 3 is 2.78 bits per heavy atom. The molecule has 0 unspecified atom stereocenters. The molecule has 0 aliphatic heterocycles. The minimum atomic E-state index is 0.0328. The Morgan fingerprint density at radius 1 is 1.33 bits per heavy atom. The van der Waals surface area contributed by atoms with E-state index in [4.69, 9.17) is 0 Å². The first kappa shape index (κ1) is 15.1. The molecule has 0 aliphatic rings. The van der Waals surface area contributed by atoms with Gasteiger partial charge in [-0.15, -0.1) is 0 Å². The van der Waals surface area contributed by atoms with Crippen LogP contribution in [-0.4, -0.2) is 44.5 Å². The topological polar surface area (TPSA) is 44.4 Å². The zero-order valence-corrected chi connectivity index (χ0v) is 12.5. The minimum Gasteiger partial charge on any atom is -0.326 e. The first-order chi connectivity index (χ1) is 8.58. The van der Waals surface area contributed by atoms with Crippen molar-refractivity contribution < 1.29 is 4.79 Å². The van der Waals surface area contributed by atoms with Crippen LogP contribution in [0.5, 0.6) is 0 Å². The zero-order valence-electron chi connectivity index (χ0n) is 10.9.